The van der Waals surface area contributed by atoms with Crippen molar-refractivity contribution in [3.8, 4) is 0 Å². The lowest BCUT2D eigenvalue weighted by atomic mass is 9.93. The Labute approximate surface area is 155 Å². The van der Waals surface area contributed by atoms with Gasteiger partial charge in [0.2, 0.25) is 0 Å². The van der Waals surface area contributed by atoms with Crippen molar-refractivity contribution in [1.29, 1.82) is 0 Å². The zero-order chi connectivity index (χ0) is 20.5. The molecule has 1 aromatic rings. The number of piperidine rings is 1. The van der Waals surface area contributed by atoms with Gasteiger partial charge in [-0.15, -0.1) is 0 Å². The molecule has 2 atom stereocenters. The summed E-state index contributed by atoms with van der Waals surface area (Å²) in [6.45, 7) is 0.514. The number of aliphatic carboxylic acids is 1. The molecule has 0 bridgehead atoms. The standard InChI is InChI=1S/C19H22FNO3S/c1-25-16-8-9-21(11-13(16)10-17(22)23)18(19(24)12-6-7-12)14-4-2-3-5-15(14)20/h2-5,10,12,16,18H,6-9,11H2,1H3,(H,22,23)/b13-10+/i1+1D3. The van der Waals surface area contributed by atoms with Crippen molar-refractivity contribution in [3.63, 3.8) is 0 Å². The lowest BCUT2D eigenvalue weighted by molar-refractivity contribution is -0.131. The van der Waals surface area contributed by atoms with E-state index in [1.807, 2.05) is 0 Å². The van der Waals surface area contributed by atoms with E-state index in [1.54, 1.807) is 23.1 Å². The molecule has 2 unspecified atom stereocenters. The van der Waals surface area contributed by atoms with E-state index >= 15 is 0 Å². The van der Waals surface area contributed by atoms with Crippen molar-refractivity contribution in [3.05, 3.63) is 47.3 Å². The summed E-state index contributed by atoms with van der Waals surface area (Å²) in [5.41, 5.74) is 0.723. The molecule has 0 spiro atoms. The zero-order valence-electron chi connectivity index (χ0n) is 16.7. The van der Waals surface area contributed by atoms with E-state index < -0.39 is 29.3 Å². The molecule has 0 amide bonds. The number of carbonyl (C=O) groups excluding carboxylic acids is 1. The highest BCUT2D eigenvalue weighted by Crippen LogP contribution is 2.40. The molecular formula is C19H22FNO3S. The minimum Gasteiger partial charge on any atom is -0.478 e. The van der Waals surface area contributed by atoms with Gasteiger partial charge in [-0.3, -0.25) is 9.69 Å². The summed E-state index contributed by atoms with van der Waals surface area (Å²) in [5.74, 6) is -1.78. The number of thioether (sulfide) groups is 1. The second-order valence-corrected chi connectivity index (χ2v) is 7.33. The number of halogens is 1. The third kappa shape index (κ3) is 4.12. The molecule has 0 aromatic heterocycles. The highest BCUT2D eigenvalue weighted by molar-refractivity contribution is 7.99. The molecule has 1 aliphatic heterocycles. The Kier molecular flexibility index (Phi) is 4.47. The number of likely N-dealkylation sites (tertiary alicyclic amines) is 1. The first kappa shape index (κ1) is 14.5. The average molecular weight is 367 g/mol. The fraction of sp³-hybridized carbons (Fsp3) is 0.474. The van der Waals surface area contributed by atoms with Gasteiger partial charge in [-0.05, 0) is 37.1 Å². The Bertz CT molecular complexity index is 795. The Balaban J connectivity index is 1.90. The van der Waals surface area contributed by atoms with E-state index in [0.717, 1.165) is 30.7 Å². The van der Waals surface area contributed by atoms with Crippen LogP contribution in [0.5, 0.6) is 0 Å². The number of benzene rings is 1. The van der Waals surface area contributed by atoms with Gasteiger partial charge < -0.3 is 5.11 Å². The quantitative estimate of drug-likeness (QED) is 0.618. The maximum absolute atomic E-state index is 14.5. The first-order valence-corrected chi connectivity index (χ1v) is 9.17. The average Bonchev–Trinajstić information content (AvgIpc) is 3.42. The largest absolute Gasteiger partial charge is 0.478 e. The molecule has 3 rings (SSSR count). The van der Waals surface area contributed by atoms with Crippen molar-refractivity contribution in [2.45, 2.75) is 30.6 Å². The Morgan fingerprint density at radius 1 is 1.40 bits per heavy atom. The summed E-state index contributed by atoms with van der Waals surface area (Å²) in [6, 6.07) is 5.35. The fourth-order valence-electron chi connectivity index (χ4n) is 3.35. The van der Waals surface area contributed by atoms with Crippen LogP contribution in [-0.4, -0.2) is 46.3 Å². The molecule has 1 aromatic carbocycles. The Morgan fingerprint density at radius 2 is 2.16 bits per heavy atom. The zero-order valence-corrected chi connectivity index (χ0v) is 14.5. The summed E-state index contributed by atoms with van der Waals surface area (Å²) in [5, 5.41) is 8.73. The first-order valence-electron chi connectivity index (χ1n) is 9.79. The Morgan fingerprint density at radius 3 is 2.80 bits per heavy atom. The van der Waals surface area contributed by atoms with Crippen molar-refractivity contribution in [1.82, 2.24) is 4.90 Å². The molecule has 6 heteroatoms. The molecule has 134 valence electrons. The number of carbonyl (C=O) groups is 2. The van der Waals surface area contributed by atoms with Gasteiger partial charge in [0.1, 0.15) is 5.82 Å². The van der Waals surface area contributed by atoms with E-state index in [4.69, 9.17) is 4.11 Å². The predicted octanol–water partition coefficient (Wildman–Crippen LogP) is 3.29. The van der Waals surface area contributed by atoms with E-state index in [0.29, 0.717) is 18.5 Å². The number of hydrogen-bond donors (Lipinski definition) is 1. The molecule has 1 N–H and O–H groups in total. The number of nitrogens with zero attached hydrogens (tertiary/aromatic N) is 1. The SMILES string of the molecule is [2H][13C]([2H])([2H])SC1CCN(C(C(=O)C2CC2)c2ccccc2F)C/C1=C\C(=O)O. The molecule has 1 aliphatic carbocycles. The van der Waals surface area contributed by atoms with Gasteiger partial charge in [0.25, 0.3) is 0 Å². The normalized spacial score (nSPS) is 26.5. The van der Waals surface area contributed by atoms with Crippen LogP contribution < -0.4 is 0 Å². The van der Waals surface area contributed by atoms with Crippen molar-refractivity contribution in [2.75, 3.05) is 19.3 Å². The van der Waals surface area contributed by atoms with Crippen molar-refractivity contribution >= 4 is 23.5 Å². The van der Waals surface area contributed by atoms with Gasteiger partial charge in [0.15, 0.2) is 5.78 Å². The van der Waals surface area contributed by atoms with Crippen LogP contribution in [0, 0.1) is 11.7 Å². The molecule has 2 aliphatic rings. The molecule has 25 heavy (non-hydrogen) atoms. The van der Waals surface area contributed by atoms with E-state index in [2.05, 4.69) is 0 Å². The maximum Gasteiger partial charge on any atom is 0.328 e. The first-order chi connectivity index (χ1) is 13.2. The van der Waals surface area contributed by atoms with Crippen LogP contribution in [0.3, 0.4) is 0 Å². The number of carboxylic acid groups (broad SMARTS) is 1. The van der Waals surface area contributed by atoms with Gasteiger partial charge in [0, 0.05) is 40.0 Å². The number of rotatable bonds is 6. The Hall–Kier alpha value is -1.66. The van der Waals surface area contributed by atoms with Crippen LogP contribution in [0.25, 0.3) is 0 Å². The van der Waals surface area contributed by atoms with Crippen LogP contribution in [0.1, 0.15) is 35.0 Å². The number of Topliss-reactive ketones (excluding diaryl/α,β-unsaturated/α-hetero) is 1. The van der Waals surface area contributed by atoms with Crippen molar-refractivity contribution < 1.29 is 23.2 Å². The highest BCUT2D eigenvalue weighted by Gasteiger charge is 2.41. The molecule has 1 heterocycles. The molecule has 2 fully saturated rings. The van der Waals surface area contributed by atoms with Gasteiger partial charge >= 0.3 is 5.97 Å². The summed E-state index contributed by atoms with van der Waals surface area (Å²) < 4.78 is 36.9. The van der Waals surface area contributed by atoms with Crippen LogP contribution in [0.2, 0.25) is 0 Å². The van der Waals surface area contributed by atoms with Crippen LogP contribution >= 0.6 is 11.8 Å². The summed E-state index contributed by atoms with van der Waals surface area (Å²) in [4.78, 5) is 26.0. The fourth-order valence-corrected chi connectivity index (χ4v) is 3.87. The minimum absolute atomic E-state index is 0.0540. The second kappa shape index (κ2) is 7.70. The molecule has 0 radical (unpaired) electrons. The summed E-state index contributed by atoms with van der Waals surface area (Å²) in [7, 11) is 0. The van der Waals surface area contributed by atoms with E-state index in [1.165, 1.54) is 6.07 Å². The lowest BCUT2D eigenvalue weighted by Crippen LogP contribution is -2.43. The van der Waals surface area contributed by atoms with E-state index in [-0.39, 0.29) is 23.8 Å². The van der Waals surface area contributed by atoms with Gasteiger partial charge in [-0.25, -0.2) is 9.18 Å². The van der Waals surface area contributed by atoms with Crippen LogP contribution in [-0.2, 0) is 9.59 Å². The smallest absolute Gasteiger partial charge is 0.328 e. The van der Waals surface area contributed by atoms with Gasteiger partial charge in [-0.1, -0.05) is 18.2 Å². The molecule has 1 saturated carbocycles. The number of hydrogen-bond acceptors (Lipinski definition) is 4. The predicted molar refractivity (Wildman–Crippen MR) is 96.1 cm³/mol. The lowest BCUT2D eigenvalue weighted by Gasteiger charge is -2.38. The van der Waals surface area contributed by atoms with Crippen LogP contribution in [0.15, 0.2) is 35.9 Å². The summed E-state index contributed by atoms with van der Waals surface area (Å²) in [6.07, 6.45) is 0.722. The monoisotopic (exact) mass is 367 g/mol. The maximum atomic E-state index is 14.5. The topological polar surface area (TPSA) is 57.6 Å². The van der Waals surface area contributed by atoms with E-state index in [9.17, 15) is 19.1 Å². The van der Waals surface area contributed by atoms with Gasteiger partial charge in [-0.2, -0.15) is 11.8 Å². The molecule has 4 nitrogen and oxygen atoms in total. The third-order valence-electron chi connectivity index (χ3n) is 4.74. The van der Waals surface area contributed by atoms with Gasteiger partial charge in [0.05, 0.1) is 6.04 Å². The van der Waals surface area contributed by atoms with Crippen molar-refractivity contribution in [2.24, 2.45) is 5.92 Å². The summed E-state index contributed by atoms with van der Waals surface area (Å²) >= 11 is 0.750. The number of ketones is 1. The minimum atomic E-state index is -2.25. The number of carboxylic acids is 1. The van der Waals surface area contributed by atoms with Crippen LogP contribution in [0.4, 0.5) is 4.39 Å². The second-order valence-electron chi connectivity index (χ2n) is 6.52. The molecular weight excluding hydrogens is 342 g/mol. The molecule has 1 saturated heterocycles. The highest BCUT2D eigenvalue weighted by atomic mass is 32.2. The third-order valence-corrected chi connectivity index (χ3v) is 5.57.